The van der Waals surface area contributed by atoms with Gasteiger partial charge in [0, 0.05) is 11.8 Å². The number of aryl methyl sites for hydroxylation is 1. The minimum absolute atomic E-state index is 0.0787. The number of nitrogens with zero attached hydrogens (tertiary/aromatic N) is 2. The van der Waals surface area contributed by atoms with Gasteiger partial charge < -0.3 is 5.11 Å². The van der Waals surface area contributed by atoms with Crippen molar-refractivity contribution in [1.82, 2.24) is 4.98 Å². The number of aliphatic hydroxyl groups excluding tert-OH is 1. The molecule has 1 N–H and O–H groups in total. The van der Waals surface area contributed by atoms with Crippen LogP contribution >= 0.6 is 0 Å². The van der Waals surface area contributed by atoms with Crippen LogP contribution in [0.1, 0.15) is 48.1 Å². The smallest absolute Gasteiger partial charge is 0.300 e. The molecule has 0 aliphatic carbocycles. The number of carbonyl (C=O) groups is 2. The fraction of sp³-hybridized carbons (Fsp3) is 0.192. The van der Waals surface area contributed by atoms with Gasteiger partial charge in [0.25, 0.3) is 11.7 Å². The van der Waals surface area contributed by atoms with E-state index in [1.165, 1.54) is 4.90 Å². The quantitative estimate of drug-likeness (QED) is 0.366. The van der Waals surface area contributed by atoms with Gasteiger partial charge in [0.1, 0.15) is 5.76 Å². The average molecular weight is 412 g/mol. The lowest BCUT2D eigenvalue weighted by atomic mass is 9.93. The van der Waals surface area contributed by atoms with Crippen molar-refractivity contribution in [3.8, 4) is 0 Å². The third-order valence-corrected chi connectivity index (χ3v) is 5.61. The molecule has 1 unspecified atom stereocenters. The number of aliphatic hydroxyl groups is 1. The zero-order valence-electron chi connectivity index (χ0n) is 17.7. The molecule has 1 aliphatic rings. The molecule has 5 nitrogen and oxygen atoms in total. The molecule has 0 spiro atoms. The molecule has 1 aliphatic heterocycles. The summed E-state index contributed by atoms with van der Waals surface area (Å²) in [6.45, 7) is 6.16. The second-order valence-corrected chi connectivity index (χ2v) is 8.07. The fourth-order valence-corrected chi connectivity index (χ4v) is 3.84. The molecule has 1 aromatic heterocycles. The number of Topliss-reactive ketones (excluding diaryl/α,β-unsaturated/α-hetero) is 1. The van der Waals surface area contributed by atoms with Crippen LogP contribution in [-0.2, 0) is 9.59 Å². The number of carbonyl (C=O) groups excluding carboxylic acids is 2. The minimum atomic E-state index is -0.744. The van der Waals surface area contributed by atoms with Crippen molar-refractivity contribution in [2.75, 3.05) is 4.90 Å². The highest BCUT2D eigenvalue weighted by molar-refractivity contribution is 6.51. The van der Waals surface area contributed by atoms with Crippen molar-refractivity contribution in [2.24, 2.45) is 0 Å². The summed E-state index contributed by atoms with van der Waals surface area (Å²) in [6.07, 6.45) is 3.16. The number of rotatable bonds is 4. The topological polar surface area (TPSA) is 70.5 Å². The molecule has 2 aromatic carbocycles. The number of aromatic nitrogens is 1. The van der Waals surface area contributed by atoms with Gasteiger partial charge in [-0.3, -0.25) is 19.5 Å². The largest absolute Gasteiger partial charge is 0.507 e. The molecule has 156 valence electrons. The van der Waals surface area contributed by atoms with Gasteiger partial charge in [-0.05, 0) is 36.1 Å². The maximum Gasteiger partial charge on any atom is 0.300 e. The molecule has 0 saturated carbocycles. The van der Waals surface area contributed by atoms with Crippen LogP contribution in [0.15, 0.2) is 78.6 Å². The first kappa shape index (κ1) is 20.5. The van der Waals surface area contributed by atoms with E-state index in [4.69, 9.17) is 0 Å². The average Bonchev–Trinajstić information content (AvgIpc) is 3.05. The summed E-state index contributed by atoms with van der Waals surface area (Å²) in [5.74, 6) is -1.21. The molecule has 0 bridgehead atoms. The van der Waals surface area contributed by atoms with E-state index in [0.717, 1.165) is 16.7 Å². The molecular formula is C26H24N2O3. The molecule has 0 radical (unpaired) electrons. The molecule has 1 amide bonds. The van der Waals surface area contributed by atoms with Crippen molar-refractivity contribution < 1.29 is 14.7 Å². The predicted octanol–water partition coefficient (Wildman–Crippen LogP) is 5.14. The lowest BCUT2D eigenvalue weighted by Gasteiger charge is -2.25. The number of anilines is 1. The van der Waals surface area contributed by atoms with Crippen LogP contribution in [0.3, 0.4) is 0 Å². The van der Waals surface area contributed by atoms with E-state index < -0.39 is 17.7 Å². The molecule has 1 saturated heterocycles. The normalized spacial score (nSPS) is 18.1. The Morgan fingerprint density at radius 1 is 1.00 bits per heavy atom. The molecule has 2 heterocycles. The van der Waals surface area contributed by atoms with Crippen molar-refractivity contribution in [1.29, 1.82) is 0 Å². The Morgan fingerprint density at radius 2 is 1.68 bits per heavy atom. The van der Waals surface area contributed by atoms with Gasteiger partial charge in [0.05, 0.1) is 23.5 Å². The Bertz CT molecular complexity index is 1150. The number of amides is 1. The standard InChI is InChI=1S/C26H24N2O3/c1-16(2)18-10-12-19(13-11-18)23-22(24(29)20-8-6-17(3)7-9-20)25(30)26(31)28(23)21-5-4-14-27-15-21/h4-16,23,29H,1-3H3/b24-22-. The number of pyridine rings is 1. The van der Waals surface area contributed by atoms with Gasteiger partial charge in [0.2, 0.25) is 0 Å². The maximum absolute atomic E-state index is 13.1. The van der Waals surface area contributed by atoms with Crippen LogP contribution in [0, 0.1) is 6.92 Å². The molecule has 1 fully saturated rings. The number of ketones is 1. The van der Waals surface area contributed by atoms with Crippen LogP contribution in [-0.4, -0.2) is 21.8 Å². The Hall–Kier alpha value is -3.73. The third-order valence-electron chi connectivity index (χ3n) is 5.61. The lowest BCUT2D eigenvalue weighted by molar-refractivity contribution is -0.132. The van der Waals surface area contributed by atoms with Gasteiger partial charge in [-0.25, -0.2) is 0 Å². The third kappa shape index (κ3) is 3.75. The summed E-state index contributed by atoms with van der Waals surface area (Å²) in [5.41, 5.74) is 4.02. The molecule has 3 aromatic rings. The summed E-state index contributed by atoms with van der Waals surface area (Å²) >= 11 is 0. The Morgan fingerprint density at radius 3 is 2.26 bits per heavy atom. The van der Waals surface area contributed by atoms with Crippen molar-refractivity contribution >= 4 is 23.1 Å². The second kappa shape index (κ2) is 8.19. The van der Waals surface area contributed by atoms with E-state index in [-0.39, 0.29) is 11.3 Å². The van der Waals surface area contributed by atoms with Crippen molar-refractivity contribution in [3.05, 3.63) is 101 Å². The van der Waals surface area contributed by atoms with Crippen LogP contribution < -0.4 is 4.90 Å². The summed E-state index contributed by atoms with van der Waals surface area (Å²) in [6, 6.07) is 17.7. The zero-order valence-corrected chi connectivity index (χ0v) is 17.7. The summed E-state index contributed by atoms with van der Waals surface area (Å²) in [5, 5.41) is 11.1. The Labute approximate surface area is 181 Å². The van der Waals surface area contributed by atoms with Crippen LogP contribution in [0.4, 0.5) is 5.69 Å². The van der Waals surface area contributed by atoms with Gasteiger partial charge in [-0.1, -0.05) is 67.9 Å². The monoisotopic (exact) mass is 412 g/mol. The second-order valence-electron chi connectivity index (χ2n) is 8.07. The van der Waals surface area contributed by atoms with Crippen LogP contribution in [0.2, 0.25) is 0 Å². The van der Waals surface area contributed by atoms with E-state index >= 15 is 0 Å². The number of benzene rings is 2. The Balaban J connectivity index is 1.91. The molecule has 1 atom stereocenters. The van der Waals surface area contributed by atoms with Gasteiger partial charge in [-0.15, -0.1) is 0 Å². The molecule has 4 rings (SSSR count). The van der Waals surface area contributed by atoms with Gasteiger partial charge >= 0.3 is 0 Å². The van der Waals surface area contributed by atoms with E-state index in [1.807, 2.05) is 43.3 Å². The van der Waals surface area contributed by atoms with Gasteiger partial charge in [0.15, 0.2) is 0 Å². The summed E-state index contributed by atoms with van der Waals surface area (Å²) in [7, 11) is 0. The molecular weight excluding hydrogens is 388 g/mol. The fourth-order valence-electron chi connectivity index (χ4n) is 3.84. The first-order valence-corrected chi connectivity index (χ1v) is 10.3. The van der Waals surface area contributed by atoms with Crippen LogP contribution in [0.5, 0.6) is 0 Å². The zero-order chi connectivity index (χ0) is 22.1. The highest BCUT2D eigenvalue weighted by atomic mass is 16.3. The van der Waals surface area contributed by atoms with Crippen LogP contribution in [0.25, 0.3) is 5.76 Å². The van der Waals surface area contributed by atoms with Crippen molar-refractivity contribution in [3.63, 3.8) is 0 Å². The highest BCUT2D eigenvalue weighted by Gasteiger charge is 2.47. The van der Waals surface area contributed by atoms with Gasteiger partial charge in [-0.2, -0.15) is 0 Å². The first-order chi connectivity index (χ1) is 14.9. The molecule has 5 heteroatoms. The summed E-state index contributed by atoms with van der Waals surface area (Å²) in [4.78, 5) is 31.7. The SMILES string of the molecule is Cc1ccc(/C(O)=C2/C(=O)C(=O)N(c3cccnc3)C2c2ccc(C(C)C)cc2)cc1. The van der Waals surface area contributed by atoms with E-state index in [1.54, 1.807) is 36.7 Å². The van der Waals surface area contributed by atoms with Crippen molar-refractivity contribution in [2.45, 2.75) is 32.7 Å². The highest BCUT2D eigenvalue weighted by Crippen LogP contribution is 2.42. The lowest BCUT2D eigenvalue weighted by Crippen LogP contribution is -2.29. The van der Waals surface area contributed by atoms with E-state index in [9.17, 15) is 14.7 Å². The first-order valence-electron chi connectivity index (χ1n) is 10.3. The number of hydrogen-bond acceptors (Lipinski definition) is 4. The Kier molecular flexibility index (Phi) is 5.42. The summed E-state index contributed by atoms with van der Waals surface area (Å²) < 4.78 is 0. The minimum Gasteiger partial charge on any atom is -0.507 e. The predicted molar refractivity (Wildman–Crippen MR) is 121 cm³/mol. The van der Waals surface area contributed by atoms with E-state index in [0.29, 0.717) is 17.2 Å². The van der Waals surface area contributed by atoms with E-state index in [2.05, 4.69) is 18.8 Å². The molecule has 31 heavy (non-hydrogen) atoms. The maximum atomic E-state index is 13.1. The number of hydrogen-bond donors (Lipinski definition) is 1.